The lowest BCUT2D eigenvalue weighted by Gasteiger charge is -2.09. The highest BCUT2D eigenvalue weighted by atomic mass is 32.2. The van der Waals surface area contributed by atoms with E-state index in [1.807, 2.05) is 36.4 Å². The SMILES string of the molecule is COc1ccc(C=CC(=O)O)cc1CSc1ccccn1. The Balaban J connectivity index is 2.16. The van der Waals surface area contributed by atoms with E-state index in [9.17, 15) is 4.79 Å². The zero-order chi connectivity index (χ0) is 15.1. The van der Waals surface area contributed by atoms with Crippen LogP contribution in [0, 0.1) is 0 Å². The van der Waals surface area contributed by atoms with Gasteiger partial charge in [0.2, 0.25) is 0 Å². The van der Waals surface area contributed by atoms with Crippen LogP contribution in [0.15, 0.2) is 53.7 Å². The Morgan fingerprint density at radius 1 is 1.38 bits per heavy atom. The predicted molar refractivity (Wildman–Crippen MR) is 83.5 cm³/mol. The molecule has 0 spiro atoms. The fourth-order valence-electron chi connectivity index (χ4n) is 1.77. The number of rotatable bonds is 6. The number of aromatic nitrogens is 1. The van der Waals surface area contributed by atoms with Gasteiger partial charge in [-0.05, 0) is 35.9 Å². The highest BCUT2D eigenvalue weighted by Crippen LogP contribution is 2.28. The number of aliphatic carboxylic acids is 1. The van der Waals surface area contributed by atoms with Crippen molar-refractivity contribution in [2.24, 2.45) is 0 Å². The first kappa shape index (κ1) is 15.1. The molecule has 1 aromatic heterocycles. The van der Waals surface area contributed by atoms with E-state index in [-0.39, 0.29) is 0 Å². The Kier molecular flexibility index (Phi) is 5.40. The van der Waals surface area contributed by atoms with Gasteiger partial charge in [0.25, 0.3) is 0 Å². The van der Waals surface area contributed by atoms with E-state index in [0.717, 1.165) is 28.0 Å². The molecule has 1 heterocycles. The summed E-state index contributed by atoms with van der Waals surface area (Å²) < 4.78 is 5.34. The van der Waals surface area contributed by atoms with Gasteiger partial charge >= 0.3 is 5.97 Å². The summed E-state index contributed by atoms with van der Waals surface area (Å²) in [5.41, 5.74) is 1.83. The van der Waals surface area contributed by atoms with Crippen molar-refractivity contribution in [3.8, 4) is 5.75 Å². The van der Waals surface area contributed by atoms with Crippen LogP contribution in [-0.4, -0.2) is 23.2 Å². The fourth-order valence-corrected chi connectivity index (χ4v) is 2.61. The van der Waals surface area contributed by atoms with Crippen molar-refractivity contribution >= 4 is 23.8 Å². The quantitative estimate of drug-likeness (QED) is 0.654. The third-order valence-corrected chi connectivity index (χ3v) is 3.73. The maximum atomic E-state index is 10.6. The number of methoxy groups -OCH3 is 1. The third-order valence-electron chi connectivity index (χ3n) is 2.74. The van der Waals surface area contributed by atoms with E-state index < -0.39 is 5.97 Å². The van der Waals surface area contributed by atoms with E-state index >= 15 is 0 Å². The molecule has 5 heteroatoms. The molecule has 0 radical (unpaired) electrons. The zero-order valence-corrected chi connectivity index (χ0v) is 12.3. The van der Waals surface area contributed by atoms with Crippen molar-refractivity contribution in [1.29, 1.82) is 0 Å². The third kappa shape index (κ3) is 4.65. The average Bonchev–Trinajstić information content (AvgIpc) is 2.52. The first-order valence-corrected chi connectivity index (χ1v) is 7.29. The molecule has 21 heavy (non-hydrogen) atoms. The second kappa shape index (κ2) is 7.50. The van der Waals surface area contributed by atoms with Crippen molar-refractivity contribution in [2.45, 2.75) is 10.8 Å². The molecule has 1 N–H and O–H groups in total. The highest BCUT2D eigenvalue weighted by molar-refractivity contribution is 7.98. The molecule has 108 valence electrons. The minimum atomic E-state index is -0.963. The number of carboxylic acids is 1. The highest BCUT2D eigenvalue weighted by Gasteiger charge is 2.05. The molecule has 1 aromatic carbocycles. The van der Waals surface area contributed by atoms with Crippen LogP contribution < -0.4 is 4.74 Å². The van der Waals surface area contributed by atoms with Crippen molar-refractivity contribution in [3.63, 3.8) is 0 Å². The molecule has 4 nitrogen and oxygen atoms in total. The van der Waals surface area contributed by atoms with Crippen molar-refractivity contribution < 1.29 is 14.6 Å². The summed E-state index contributed by atoms with van der Waals surface area (Å²) in [5.74, 6) is 0.524. The van der Waals surface area contributed by atoms with Crippen LogP contribution in [0.1, 0.15) is 11.1 Å². The van der Waals surface area contributed by atoms with Crippen molar-refractivity contribution in [3.05, 3.63) is 59.8 Å². The van der Waals surface area contributed by atoms with Crippen LogP contribution in [-0.2, 0) is 10.5 Å². The molecule has 0 atom stereocenters. The monoisotopic (exact) mass is 301 g/mol. The molecule has 0 unspecified atom stereocenters. The first-order chi connectivity index (χ1) is 10.2. The van der Waals surface area contributed by atoms with Crippen LogP contribution in [0.5, 0.6) is 5.75 Å². The summed E-state index contributed by atoms with van der Waals surface area (Å²) in [5, 5.41) is 9.61. The number of nitrogens with zero attached hydrogens (tertiary/aromatic N) is 1. The van der Waals surface area contributed by atoms with Crippen molar-refractivity contribution in [2.75, 3.05) is 7.11 Å². The zero-order valence-electron chi connectivity index (χ0n) is 11.5. The summed E-state index contributed by atoms with van der Waals surface area (Å²) >= 11 is 1.60. The summed E-state index contributed by atoms with van der Waals surface area (Å²) in [4.78, 5) is 14.8. The number of hydrogen-bond acceptors (Lipinski definition) is 4. The lowest BCUT2D eigenvalue weighted by Crippen LogP contribution is -1.92. The van der Waals surface area contributed by atoms with Gasteiger partial charge in [-0.25, -0.2) is 9.78 Å². The molecule has 0 saturated heterocycles. The Bertz CT molecular complexity index is 641. The smallest absolute Gasteiger partial charge is 0.328 e. The molecular formula is C16H15NO3S. The van der Waals surface area contributed by atoms with Gasteiger partial charge in [-0.2, -0.15) is 0 Å². The molecule has 2 aromatic rings. The Hall–Kier alpha value is -2.27. The Labute approximate surface area is 127 Å². The summed E-state index contributed by atoms with van der Waals surface area (Å²) in [7, 11) is 1.62. The van der Waals surface area contributed by atoms with Gasteiger partial charge < -0.3 is 9.84 Å². The molecule has 2 rings (SSSR count). The van der Waals surface area contributed by atoms with Crippen LogP contribution in [0.3, 0.4) is 0 Å². The van der Waals surface area contributed by atoms with E-state index in [1.54, 1.807) is 31.1 Å². The van der Waals surface area contributed by atoms with Crippen LogP contribution in [0.25, 0.3) is 6.08 Å². The summed E-state index contributed by atoms with van der Waals surface area (Å²) in [6, 6.07) is 11.4. The van der Waals surface area contributed by atoms with Crippen LogP contribution in [0.2, 0.25) is 0 Å². The molecular weight excluding hydrogens is 286 g/mol. The maximum absolute atomic E-state index is 10.6. The fraction of sp³-hybridized carbons (Fsp3) is 0.125. The molecule has 0 bridgehead atoms. The average molecular weight is 301 g/mol. The van der Waals surface area contributed by atoms with Gasteiger partial charge in [0.15, 0.2) is 0 Å². The maximum Gasteiger partial charge on any atom is 0.328 e. The second-order valence-corrected chi connectivity index (χ2v) is 5.20. The number of thioether (sulfide) groups is 1. The lowest BCUT2D eigenvalue weighted by atomic mass is 10.1. The van der Waals surface area contributed by atoms with Crippen LogP contribution in [0.4, 0.5) is 0 Å². The van der Waals surface area contributed by atoms with E-state index in [1.165, 1.54) is 0 Å². The van der Waals surface area contributed by atoms with E-state index in [2.05, 4.69) is 4.98 Å². The molecule has 0 aliphatic rings. The number of benzene rings is 1. The van der Waals surface area contributed by atoms with E-state index in [0.29, 0.717) is 5.75 Å². The van der Waals surface area contributed by atoms with Gasteiger partial charge in [0.05, 0.1) is 12.1 Å². The van der Waals surface area contributed by atoms with E-state index in [4.69, 9.17) is 9.84 Å². The summed E-state index contributed by atoms with van der Waals surface area (Å²) in [6.07, 6.45) is 4.44. The second-order valence-electron chi connectivity index (χ2n) is 4.20. The standard InChI is InChI=1S/C16H15NO3S/c1-20-14-7-5-12(6-8-16(18)19)10-13(14)11-21-15-4-2-3-9-17-15/h2-10H,11H2,1H3,(H,18,19). The molecule has 0 fully saturated rings. The minimum Gasteiger partial charge on any atom is -0.496 e. The number of carboxylic acid groups (broad SMARTS) is 1. The molecule has 0 aliphatic heterocycles. The lowest BCUT2D eigenvalue weighted by molar-refractivity contribution is -0.131. The number of ether oxygens (including phenoxy) is 1. The molecule has 0 saturated carbocycles. The summed E-state index contributed by atoms with van der Waals surface area (Å²) in [6.45, 7) is 0. The first-order valence-electron chi connectivity index (χ1n) is 6.31. The Morgan fingerprint density at radius 2 is 2.24 bits per heavy atom. The number of pyridine rings is 1. The largest absolute Gasteiger partial charge is 0.496 e. The van der Waals surface area contributed by atoms with Gasteiger partial charge in [-0.3, -0.25) is 0 Å². The predicted octanol–water partition coefficient (Wildman–Crippen LogP) is 3.48. The normalized spacial score (nSPS) is 10.7. The van der Waals surface area contributed by atoms with Gasteiger partial charge in [0.1, 0.15) is 5.75 Å². The topological polar surface area (TPSA) is 59.4 Å². The van der Waals surface area contributed by atoms with Gasteiger partial charge in [-0.1, -0.05) is 12.1 Å². The molecule has 0 amide bonds. The minimum absolute atomic E-state index is 0.703. The number of carbonyl (C=O) groups is 1. The number of hydrogen-bond donors (Lipinski definition) is 1. The van der Waals surface area contributed by atoms with Crippen molar-refractivity contribution in [1.82, 2.24) is 4.98 Å². The van der Waals surface area contributed by atoms with Gasteiger partial charge in [0, 0.05) is 23.6 Å². The molecule has 0 aliphatic carbocycles. The van der Waals surface area contributed by atoms with Crippen LogP contribution >= 0.6 is 11.8 Å². The van der Waals surface area contributed by atoms with Gasteiger partial charge in [-0.15, -0.1) is 11.8 Å². The Morgan fingerprint density at radius 3 is 2.90 bits per heavy atom.